The van der Waals surface area contributed by atoms with Gasteiger partial charge in [0, 0.05) is 0 Å². The van der Waals surface area contributed by atoms with Gasteiger partial charge in [-0.1, -0.05) is 20.8 Å². The second kappa shape index (κ2) is 6.49. The SMILES string of the molecule is CCCc1ncc(C(=O)N[C@@H](C(=O)O)C(C)C)s1. The van der Waals surface area contributed by atoms with Crippen molar-refractivity contribution < 1.29 is 14.7 Å². The van der Waals surface area contributed by atoms with Gasteiger partial charge in [0.2, 0.25) is 0 Å². The molecule has 5 nitrogen and oxygen atoms in total. The molecule has 0 saturated heterocycles. The van der Waals surface area contributed by atoms with Crippen LogP contribution in [0.15, 0.2) is 6.20 Å². The quantitative estimate of drug-likeness (QED) is 0.828. The van der Waals surface area contributed by atoms with Crippen LogP contribution in [0.25, 0.3) is 0 Å². The molecule has 1 heterocycles. The zero-order valence-electron chi connectivity index (χ0n) is 10.8. The Morgan fingerprint density at radius 3 is 2.67 bits per heavy atom. The van der Waals surface area contributed by atoms with Crippen molar-refractivity contribution in [1.29, 1.82) is 0 Å². The van der Waals surface area contributed by atoms with Crippen LogP contribution in [0, 0.1) is 5.92 Å². The van der Waals surface area contributed by atoms with Gasteiger partial charge < -0.3 is 10.4 Å². The lowest BCUT2D eigenvalue weighted by molar-refractivity contribution is -0.140. The molecule has 1 amide bonds. The fourth-order valence-electron chi connectivity index (χ4n) is 1.47. The highest BCUT2D eigenvalue weighted by atomic mass is 32.1. The van der Waals surface area contributed by atoms with Gasteiger partial charge in [0.25, 0.3) is 5.91 Å². The van der Waals surface area contributed by atoms with Crippen LogP contribution in [0.1, 0.15) is 41.9 Å². The van der Waals surface area contributed by atoms with E-state index in [0.717, 1.165) is 17.8 Å². The third-order valence-electron chi connectivity index (χ3n) is 2.46. The number of carboxylic acid groups (broad SMARTS) is 1. The Bertz CT molecular complexity index is 429. The molecule has 0 aromatic carbocycles. The first kappa shape index (κ1) is 14.6. The molecule has 0 unspecified atom stereocenters. The van der Waals surface area contributed by atoms with Crippen molar-refractivity contribution >= 4 is 23.2 Å². The summed E-state index contributed by atoms with van der Waals surface area (Å²) < 4.78 is 0. The second-order valence-corrected chi connectivity index (χ2v) is 5.52. The van der Waals surface area contributed by atoms with E-state index >= 15 is 0 Å². The highest BCUT2D eigenvalue weighted by molar-refractivity contribution is 7.13. The number of carbonyl (C=O) groups is 2. The Labute approximate surface area is 110 Å². The van der Waals surface area contributed by atoms with E-state index in [1.54, 1.807) is 13.8 Å². The summed E-state index contributed by atoms with van der Waals surface area (Å²) in [6.45, 7) is 5.56. The number of carboxylic acids is 1. The van der Waals surface area contributed by atoms with E-state index in [2.05, 4.69) is 10.3 Å². The smallest absolute Gasteiger partial charge is 0.326 e. The zero-order valence-corrected chi connectivity index (χ0v) is 11.6. The van der Waals surface area contributed by atoms with Crippen molar-refractivity contribution in [3.05, 3.63) is 16.1 Å². The Kier molecular flexibility index (Phi) is 5.27. The van der Waals surface area contributed by atoms with Gasteiger partial charge in [-0.2, -0.15) is 0 Å². The summed E-state index contributed by atoms with van der Waals surface area (Å²) in [5, 5.41) is 12.4. The molecule has 2 N–H and O–H groups in total. The highest BCUT2D eigenvalue weighted by Crippen LogP contribution is 2.15. The van der Waals surface area contributed by atoms with Crippen LogP contribution in [0.4, 0.5) is 0 Å². The number of aliphatic carboxylic acids is 1. The lowest BCUT2D eigenvalue weighted by Crippen LogP contribution is -2.44. The predicted molar refractivity (Wildman–Crippen MR) is 69.8 cm³/mol. The Morgan fingerprint density at radius 2 is 2.17 bits per heavy atom. The maximum atomic E-state index is 11.9. The molecule has 100 valence electrons. The molecule has 0 aliphatic rings. The number of rotatable bonds is 6. The van der Waals surface area contributed by atoms with E-state index < -0.39 is 12.0 Å². The van der Waals surface area contributed by atoms with Crippen LogP contribution in [-0.2, 0) is 11.2 Å². The summed E-state index contributed by atoms with van der Waals surface area (Å²) in [5.41, 5.74) is 0. The minimum atomic E-state index is -1.02. The minimum Gasteiger partial charge on any atom is -0.480 e. The van der Waals surface area contributed by atoms with Crippen molar-refractivity contribution in [3.8, 4) is 0 Å². The van der Waals surface area contributed by atoms with Crippen LogP contribution < -0.4 is 5.32 Å². The molecule has 1 atom stereocenters. The summed E-state index contributed by atoms with van der Waals surface area (Å²) in [6, 6.07) is -0.866. The first-order chi connectivity index (χ1) is 8.45. The molecule has 0 spiro atoms. The standard InChI is InChI=1S/C12H18N2O3S/c1-4-5-9-13-6-8(18-9)11(15)14-10(7(2)3)12(16)17/h6-7,10H,4-5H2,1-3H3,(H,14,15)(H,16,17)/t10-/m1/s1. The van der Waals surface area contributed by atoms with Crippen LogP contribution in [-0.4, -0.2) is 28.0 Å². The minimum absolute atomic E-state index is 0.158. The molecule has 1 aromatic heterocycles. The molecule has 6 heteroatoms. The molecule has 1 aromatic rings. The second-order valence-electron chi connectivity index (χ2n) is 4.40. The first-order valence-electron chi connectivity index (χ1n) is 5.94. The molecule has 0 aliphatic heterocycles. The number of nitrogens with zero attached hydrogens (tertiary/aromatic N) is 1. The lowest BCUT2D eigenvalue weighted by Gasteiger charge is -2.17. The third kappa shape index (κ3) is 3.80. The summed E-state index contributed by atoms with van der Waals surface area (Å²) in [7, 11) is 0. The van der Waals surface area contributed by atoms with Gasteiger partial charge in [0.15, 0.2) is 0 Å². The number of nitrogens with one attached hydrogen (secondary N) is 1. The van der Waals surface area contributed by atoms with E-state index in [1.165, 1.54) is 17.5 Å². The van der Waals surface area contributed by atoms with Gasteiger partial charge in [-0.05, 0) is 18.8 Å². The first-order valence-corrected chi connectivity index (χ1v) is 6.75. The topological polar surface area (TPSA) is 79.3 Å². The number of hydrogen-bond donors (Lipinski definition) is 2. The van der Waals surface area contributed by atoms with E-state index in [1.807, 2.05) is 6.92 Å². The molecule has 1 rings (SSSR count). The van der Waals surface area contributed by atoms with Gasteiger partial charge >= 0.3 is 5.97 Å². The van der Waals surface area contributed by atoms with E-state index in [9.17, 15) is 9.59 Å². The van der Waals surface area contributed by atoms with E-state index in [4.69, 9.17) is 5.11 Å². The van der Waals surface area contributed by atoms with Crippen LogP contribution in [0.3, 0.4) is 0 Å². The van der Waals surface area contributed by atoms with Crippen LogP contribution >= 0.6 is 11.3 Å². The van der Waals surface area contributed by atoms with Crippen molar-refractivity contribution in [2.24, 2.45) is 5.92 Å². The fraction of sp³-hybridized carbons (Fsp3) is 0.583. The van der Waals surface area contributed by atoms with E-state index in [-0.39, 0.29) is 11.8 Å². The molecule has 0 aliphatic carbocycles. The molecule has 18 heavy (non-hydrogen) atoms. The van der Waals surface area contributed by atoms with Gasteiger partial charge in [0.1, 0.15) is 10.9 Å². The lowest BCUT2D eigenvalue weighted by atomic mass is 10.0. The maximum absolute atomic E-state index is 11.9. The zero-order chi connectivity index (χ0) is 13.7. The maximum Gasteiger partial charge on any atom is 0.326 e. The number of amides is 1. The van der Waals surface area contributed by atoms with Crippen molar-refractivity contribution in [2.75, 3.05) is 0 Å². The fourth-order valence-corrected chi connectivity index (χ4v) is 2.39. The van der Waals surface area contributed by atoms with Crippen molar-refractivity contribution in [2.45, 2.75) is 39.7 Å². The number of aryl methyl sites for hydroxylation is 1. The number of thiazole rings is 1. The Morgan fingerprint density at radius 1 is 1.50 bits per heavy atom. The molecule has 0 radical (unpaired) electrons. The highest BCUT2D eigenvalue weighted by Gasteiger charge is 2.24. The summed E-state index contributed by atoms with van der Waals surface area (Å²) in [5.74, 6) is -1.54. The predicted octanol–water partition coefficient (Wildman–Crippen LogP) is 1.93. The van der Waals surface area contributed by atoms with Gasteiger partial charge in [-0.25, -0.2) is 9.78 Å². The Balaban J connectivity index is 2.71. The van der Waals surface area contributed by atoms with Crippen LogP contribution in [0.2, 0.25) is 0 Å². The summed E-state index contributed by atoms with van der Waals surface area (Å²) in [4.78, 5) is 27.5. The van der Waals surface area contributed by atoms with Crippen molar-refractivity contribution in [1.82, 2.24) is 10.3 Å². The third-order valence-corrected chi connectivity index (χ3v) is 3.52. The average molecular weight is 270 g/mol. The van der Waals surface area contributed by atoms with Crippen LogP contribution in [0.5, 0.6) is 0 Å². The van der Waals surface area contributed by atoms with Crippen molar-refractivity contribution in [3.63, 3.8) is 0 Å². The molecule has 0 bridgehead atoms. The normalized spacial score (nSPS) is 12.4. The number of hydrogen-bond acceptors (Lipinski definition) is 4. The molecule has 0 fully saturated rings. The summed E-state index contributed by atoms with van der Waals surface area (Å²) >= 11 is 1.31. The van der Waals surface area contributed by atoms with E-state index in [0.29, 0.717) is 4.88 Å². The van der Waals surface area contributed by atoms with Gasteiger partial charge in [-0.15, -0.1) is 11.3 Å². The molecular weight excluding hydrogens is 252 g/mol. The van der Waals surface area contributed by atoms with Gasteiger partial charge in [-0.3, -0.25) is 4.79 Å². The monoisotopic (exact) mass is 270 g/mol. The number of carbonyl (C=O) groups excluding carboxylic acids is 1. The van der Waals surface area contributed by atoms with Gasteiger partial charge in [0.05, 0.1) is 11.2 Å². The molecular formula is C12H18N2O3S. The summed E-state index contributed by atoms with van der Waals surface area (Å²) in [6.07, 6.45) is 3.31. The average Bonchev–Trinajstić information content (AvgIpc) is 2.73. The largest absolute Gasteiger partial charge is 0.480 e. The number of aromatic nitrogens is 1. The Hall–Kier alpha value is -1.43. The molecule has 0 saturated carbocycles.